The summed E-state index contributed by atoms with van der Waals surface area (Å²) in [4.78, 5) is 19.4. The van der Waals surface area contributed by atoms with Crippen molar-refractivity contribution >= 4 is 11.4 Å². The van der Waals surface area contributed by atoms with Gasteiger partial charge in [0.25, 0.3) is 11.6 Å². The van der Waals surface area contributed by atoms with E-state index in [2.05, 4.69) is 20.4 Å². The fourth-order valence-electron chi connectivity index (χ4n) is 2.95. The molecule has 0 bridgehead atoms. The van der Waals surface area contributed by atoms with Gasteiger partial charge in [0, 0.05) is 42.7 Å². The van der Waals surface area contributed by atoms with E-state index in [9.17, 15) is 10.1 Å². The van der Waals surface area contributed by atoms with Crippen molar-refractivity contribution < 1.29 is 14.2 Å². The normalized spacial score (nSPS) is 16.4. The minimum Gasteiger partial charge on any atom is -0.377 e. The minimum atomic E-state index is -0.431. The number of pyridine rings is 1. The summed E-state index contributed by atoms with van der Waals surface area (Å²) >= 11 is 0. The highest BCUT2D eigenvalue weighted by Gasteiger charge is 2.21. The lowest BCUT2D eigenvalue weighted by Gasteiger charge is -2.12. The smallest absolute Gasteiger partial charge is 0.293 e. The SMILES string of the molecule is O=[N+]([O-])c1cc(-c2nc(-c3cccnc3)no2)ccc1NC[C@@H]1CCCO1. The molecule has 4 rings (SSSR count). The zero-order chi connectivity index (χ0) is 18.6. The first-order valence-corrected chi connectivity index (χ1v) is 8.59. The zero-order valence-electron chi connectivity index (χ0n) is 14.4. The van der Waals surface area contributed by atoms with E-state index in [1.165, 1.54) is 6.07 Å². The standard InChI is InChI=1S/C18H17N5O4/c24-23(25)16-9-12(5-6-15(16)20-11-14-4-2-8-26-14)18-21-17(22-27-18)13-3-1-7-19-10-13/h1,3,5-7,9-10,14,20H,2,4,8,11H2/t14-/m0/s1. The Morgan fingerprint density at radius 3 is 2.96 bits per heavy atom. The van der Waals surface area contributed by atoms with Gasteiger partial charge < -0.3 is 14.6 Å². The number of nitrogens with zero attached hydrogens (tertiary/aromatic N) is 4. The van der Waals surface area contributed by atoms with E-state index in [-0.39, 0.29) is 17.7 Å². The number of aromatic nitrogens is 3. The molecule has 1 aliphatic rings. The summed E-state index contributed by atoms with van der Waals surface area (Å²) in [6.45, 7) is 1.27. The molecule has 0 saturated carbocycles. The van der Waals surface area contributed by atoms with Crippen LogP contribution in [0.4, 0.5) is 11.4 Å². The van der Waals surface area contributed by atoms with Gasteiger partial charge in [-0.25, -0.2) is 0 Å². The average molecular weight is 367 g/mol. The molecule has 2 aromatic heterocycles. The lowest BCUT2D eigenvalue weighted by atomic mass is 10.1. The van der Waals surface area contributed by atoms with Gasteiger partial charge in [-0.15, -0.1) is 0 Å². The van der Waals surface area contributed by atoms with Gasteiger partial charge in [0.05, 0.1) is 11.0 Å². The van der Waals surface area contributed by atoms with Crippen LogP contribution in [0.5, 0.6) is 0 Å². The molecule has 0 unspecified atom stereocenters. The van der Waals surface area contributed by atoms with Crippen molar-refractivity contribution in [1.29, 1.82) is 0 Å². The summed E-state index contributed by atoms with van der Waals surface area (Å²) in [6, 6.07) is 8.37. The number of nitro benzene ring substituents is 1. The van der Waals surface area contributed by atoms with Gasteiger partial charge in [0.1, 0.15) is 5.69 Å². The molecule has 138 valence electrons. The van der Waals surface area contributed by atoms with Gasteiger partial charge in [0.2, 0.25) is 5.82 Å². The summed E-state index contributed by atoms with van der Waals surface area (Å²) < 4.78 is 10.8. The van der Waals surface area contributed by atoms with Crippen LogP contribution in [0.25, 0.3) is 22.8 Å². The Morgan fingerprint density at radius 2 is 2.22 bits per heavy atom. The van der Waals surface area contributed by atoms with Crippen LogP contribution in [0, 0.1) is 10.1 Å². The number of nitro groups is 1. The predicted molar refractivity (Wildman–Crippen MR) is 97.1 cm³/mol. The summed E-state index contributed by atoms with van der Waals surface area (Å²) in [5, 5.41) is 18.5. The molecule has 1 aliphatic heterocycles. The van der Waals surface area contributed by atoms with Crippen molar-refractivity contribution in [3.63, 3.8) is 0 Å². The fourth-order valence-corrected chi connectivity index (χ4v) is 2.95. The van der Waals surface area contributed by atoms with Crippen LogP contribution in [0.1, 0.15) is 12.8 Å². The van der Waals surface area contributed by atoms with Gasteiger partial charge in [-0.1, -0.05) is 5.16 Å². The van der Waals surface area contributed by atoms with Crippen molar-refractivity contribution in [1.82, 2.24) is 15.1 Å². The van der Waals surface area contributed by atoms with Crippen LogP contribution in [-0.4, -0.2) is 39.3 Å². The van der Waals surface area contributed by atoms with E-state index in [0.717, 1.165) is 19.4 Å². The number of hydrogen-bond acceptors (Lipinski definition) is 8. The molecule has 1 aromatic carbocycles. The molecule has 1 atom stereocenters. The molecule has 9 heteroatoms. The molecular weight excluding hydrogens is 350 g/mol. The van der Waals surface area contributed by atoms with Gasteiger partial charge in [-0.2, -0.15) is 4.98 Å². The molecule has 1 saturated heterocycles. The summed E-state index contributed by atoms with van der Waals surface area (Å²) in [6.07, 6.45) is 5.33. The molecule has 1 N–H and O–H groups in total. The first-order chi connectivity index (χ1) is 13.2. The maximum atomic E-state index is 11.5. The highest BCUT2D eigenvalue weighted by Crippen LogP contribution is 2.31. The maximum absolute atomic E-state index is 11.5. The second-order valence-electron chi connectivity index (χ2n) is 6.17. The van der Waals surface area contributed by atoms with Crippen LogP contribution in [0.3, 0.4) is 0 Å². The largest absolute Gasteiger partial charge is 0.377 e. The first kappa shape index (κ1) is 17.1. The van der Waals surface area contributed by atoms with Crippen LogP contribution in [0.2, 0.25) is 0 Å². The fraction of sp³-hybridized carbons (Fsp3) is 0.278. The van der Waals surface area contributed by atoms with Crippen molar-refractivity contribution in [2.24, 2.45) is 0 Å². The Morgan fingerprint density at radius 1 is 1.30 bits per heavy atom. The van der Waals surface area contributed by atoms with Crippen LogP contribution in [0.15, 0.2) is 47.2 Å². The Kier molecular flexibility index (Phi) is 4.75. The molecular formula is C18H17N5O4. The summed E-state index contributed by atoms with van der Waals surface area (Å²) in [5.74, 6) is 0.587. The van der Waals surface area contributed by atoms with Crippen molar-refractivity contribution in [3.8, 4) is 22.8 Å². The molecule has 27 heavy (non-hydrogen) atoms. The molecule has 0 amide bonds. The monoisotopic (exact) mass is 367 g/mol. The number of benzene rings is 1. The highest BCUT2D eigenvalue weighted by atomic mass is 16.6. The van der Waals surface area contributed by atoms with Crippen LogP contribution in [-0.2, 0) is 4.74 Å². The Hall–Kier alpha value is -3.33. The zero-order valence-corrected chi connectivity index (χ0v) is 14.4. The molecule has 0 spiro atoms. The summed E-state index contributed by atoms with van der Waals surface area (Å²) in [7, 11) is 0. The quantitative estimate of drug-likeness (QED) is 0.521. The highest BCUT2D eigenvalue weighted by molar-refractivity contribution is 5.70. The van der Waals surface area contributed by atoms with E-state index in [0.29, 0.717) is 29.2 Å². The van der Waals surface area contributed by atoms with E-state index < -0.39 is 4.92 Å². The third-order valence-corrected chi connectivity index (χ3v) is 4.33. The van der Waals surface area contributed by atoms with E-state index >= 15 is 0 Å². The van der Waals surface area contributed by atoms with Crippen LogP contribution < -0.4 is 5.32 Å². The van der Waals surface area contributed by atoms with Crippen molar-refractivity contribution in [3.05, 3.63) is 52.8 Å². The molecule has 9 nitrogen and oxygen atoms in total. The van der Waals surface area contributed by atoms with Gasteiger partial charge in [-0.05, 0) is 37.1 Å². The lowest BCUT2D eigenvalue weighted by Crippen LogP contribution is -2.18. The second kappa shape index (κ2) is 7.50. The predicted octanol–water partition coefficient (Wildman–Crippen LogP) is 3.30. The van der Waals surface area contributed by atoms with Gasteiger partial charge in [0.15, 0.2) is 0 Å². The first-order valence-electron chi connectivity index (χ1n) is 8.59. The maximum Gasteiger partial charge on any atom is 0.293 e. The van der Waals surface area contributed by atoms with E-state index in [1.54, 1.807) is 30.6 Å². The third kappa shape index (κ3) is 3.77. The third-order valence-electron chi connectivity index (χ3n) is 4.33. The number of anilines is 1. The second-order valence-corrected chi connectivity index (χ2v) is 6.17. The number of hydrogen-bond donors (Lipinski definition) is 1. The minimum absolute atomic E-state index is 0.0494. The molecule has 1 fully saturated rings. The van der Waals surface area contributed by atoms with Gasteiger partial charge >= 0.3 is 0 Å². The van der Waals surface area contributed by atoms with Crippen LogP contribution >= 0.6 is 0 Å². The Balaban J connectivity index is 1.57. The van der Waals surface area contributed by atoms with E-state index in [1.807, 2.05) is 6.07 Å². The van der Waals surface area contributed by atoms with Crippen molar-refractivity contribution in [2.45, 2.75) is 18.9 Å². The number of rotatable bonds is 6. The lowest BCUT2D eigenvalue weighted by molar-refractivity contribution is -0.383. The molecule has 0 radical (unpaired) electrons. The number of ether oxygens (including phenoxy) is 1. The molecule has 3 heterocycles. The average Bonchev–Trinajstić information content (AvgIpc) is 3.39. The molecule has 3 aromatic rings. The summed E-state index contributed by atoms with van der Waals surface area (Å²) in [5.41, 5.74) is 1.57. The number of nitrogens with one attached hydrogen (secondary N) is 1. The molecule has 0 aliphatic carbocycles. The van der Waals surface area contributed by atoms with Crippen molar-refractivity contribution in [2.75, 3.05) is 18.5 Å². The Labute approximate surface area is 154 Å². The van der Waals surface area contributed by atoms with Gasteiger partial charge in [-0.3, -0.25) is 15.1 Å². The topological polar surface area (TPSA) is 116 Å². The Bertz CT molecular complexity index is 938. The van der Waals surface area contributed by atoms with E-state index in [4.69, 9.17) is 9.26 Å².